The molecule has 2 rings (SSSR count). The highest BCUT2D eigenvalue weighted by atomic mass is 127. The first-order valence-corrected chi connectivity index (χ1v) is 12.3. The topological polar surface area (TPSA) is 117 Å². The Balaban J connectivity index is 2.29. The van der Waals surface area contributed by atoms with Gasteiger partial charge in [0.25, 0.3) is 0 Å². The van der Waals surface area contributed by atoms with Gasteiger partial charge in [-0.05, 0) is 35.3 Å². The first-order chi connectivity index (χ1) is 14.4. The number of fused-ring (bicyclic) bond motifs is 1. The van der Waals surface area contributed by atoms with E-state index in [1.54, 1.807) is 20.8 Å². The summed E-state index contributed by atoms with van der Waals surface area (Å²) in [6, 6.07) is 0. The van der Waals surface area contributed by atoms with Crippen LogP contribution in [0.2, 0.25) is 0 Å². The Bertz CT molecular complexity index is 691. The number of carbonyl (C=O) groups is 2. The monoisotopic (exact) mass is 552 g/mol. The van der Waals surface area contributed by atoms with Crippen LogP contribution in [0.4, 0.5) is 0 Å². The van der Waals surface area contributed by atoms with Gasteiger partial charge in [-0.3, -0.25) is 9.59 Å². The summed E-state index contributed by atoms with van der Waals surface area (Å²) in [5, 5.41) is 31.4. The third-order valence-electron chi connectivity index (χ3n) is 7.15. The number of esters is 1. The normalized spacial score (nSPS) is 40.7. The molecule has 2 heterocycles. The standard InChI is InChI=1S/C23H37IO7/c1-13-7-6-8-23(12-25)18(31-23)9-16(14(2)11-24)30-19(27)10-17(26)22(4,5)21(29)15(3)20(13)28/h11,13,15-18,20,25-26,28H,6-10,12H2,1-5H3/t13-,15+,16-,17-,18-,20-,23-/m0/s1. The molecule has 178 valence electrons. The molecule has 7 atom stereocenters. The molecule has 8 heteroatoms. The lowest BCUT2D eigenvalue weighted by Gasteiger charge is -2.34. The first-order valence-electron chi connectivity index (χ1n) is 11.0. The van der Waals surface area contributed by atoms with Crippen molar-refractivity contribution >= 4 is 34.3 Å². The molecule has 0 amide bonds. The molecular formula is C23H37IO7. The van der Waals surface area contributed by atoms with E-state index in [1.807, 2.05) is 17.9 Å². The fraction of sp³-hybridized carbons (Fsp3) is 0.826. The Hall–Kier alpha value is -0.550. The maximum atomic E-state index is 13.1. The van der Waals surface area contributed by atoms with Crippen LogP contribution in [0.15, 0.2) is 9.66 Å². The number of rotatable bonds is 2. The average Bonchev–Trinajstić information content (AvgIpc) is 3.42. The van der Waals surface area contributed by atoms with E-state index in [2.05, 4.69) is 22.6 Å². The van der Waals surface area contributed by atoms with Gasteiger partial charge in [-0.15, -0.1) is 0 Å². The van der Waals surface area contributed by atoms with Gasteiger partial charge in [0.2, 0.25) is 0 Å². The molecule has 2 aliphatic rings. The van der Waals surface area contributed by atoms with Crippen LogP contribution in [0, 0.1) is 17.3 Å². The molecule has 0 aromatic carbocycles. The van der Waals surface area contributed by atoms with Gasteiger partial charge in [-0.2, -0.15) is 0 Å². The number of hydrogen-bond donors (Lipinski definition) is 3. The molecule has 0 spiro atoms. The molecule has 0 aliphatic carbocycles. The van der Waals surface area contributed by atoms with Gasteiger partial charge in [0.1, 0.15) is 17.5 Å². The molecule has 0 aromatic heterocycles. The highest BCUT2D eigenvalue weighted by Crippen LogP contribution is 2.45. The Morgan fingerprint density at radius 1 is 1.26 bits per heavy atom. The van der Waals surface area contributed by atoms with Crippen molar-refractivity contribution < 1.29 is 34.4 Å². The average molecular weight is 552 g/mol. The number of ketones is 1. The number of hydrogen-bond acceptors (Lipinski definition) is 7. The Morgan fingerprint density at radius 2 is 1.90 bits per heavy atom. The van der Waals surface area contributed by atoms with Gasteiger partial charge in [0.05, 0.1) is 36.8 Å². The zero-order valence-corrected chi connectivity index (χ0v) is 21.3. The van der Waals surface area contributed by atoms with Crippen molar-refractivity contribution in [3.8, 4) is 0 Å². The molecule has 0 radical (unpaired) electrons. The summed E-state index contributed by atoms with van der Waals surface area (Å²) in [5.41, 5.74) is -1.00. The lowest BCUT2D eigenvalue weighted by atomic mass is 9.73. The number of halogens is 1. The Kier molecular flexibility index (Phi) is 9.12. The lowest BCUT2D eigenvalue weighted by molar-refractivity contribution is -0.154. The summed E-state index contributed by atoms with van der Waals surface area (Å²) in [5.74, 6) is -1.69. The summed E-state index contributed by atoms with van der Waals surface area (Å²) in [6.45, 7) is 8.51. The largest absolute Gasteiger partial charge is 0.458 e. The fourth-order valence-electron chi connectivity index (χ4n) is 4.45. The molecule has 2 saturated heterocycles. The van der Waals surface area contributed by atoms with Crippen LogP contribution in [0.25, 0.3) is 0 Å². The van der Waals surface area contributed by atoms with Crippen molar-refractivity contribution in [3.05, 3.63) is 9.66 Å². The molecule has 0 unspecified atom stereocenters. The van der Waals surface area contributed by atoms with Crippen LogP contribution in [-0.2, 0) is 19.1 Å². The number of Topliss-reactive ketones (excluding diaryl/α,β-unsaturated/α-hetero) is 1. The van der Waals surface area contributed by atoms with Gasteiger partial charge in [0, 0.05) is 12.3 Å². The summed E-state index contributed by atoms with van der Waals surface area (Å²) in [7, 11) is 0. The van der Waals surface area contributed by atoms with Crippen molar-refractivity contribution in [3.63, 3.8) is 0 Å². The zero-order chi connectivity index (χ0) is 23.6. The molecule has 3 N–H and O–H groups in total. The molecule has 7 nitrogen and oxygen atoms in total. The lowest BCUT2D eigenvalue weighted by Crippen LogP contribution is -2.45. The van der Waals surface area contributed by atoms with E-state index < -0.39 is 41.2 Å². The van der Waals surface area contributed by atoms with E-state index in [9.17, 15) is 24.9 Å². The Labute approximate surface area is 198 Å². The summed E-state index contributed by atoms with van der Waals surface area (Å²) in [4.78, 5) is 25.7. The predicted octanol–water partition coefficient (Wildman–Crippen LogP) is 2.92. The van der Waals surface area contributed by atoms with Crippen molar-refractivity contribution in [1.29, 1.82) is 0 Å². The second-order valence-corrected chi connectivity index (χ2v) is 10.5. The van der Waals surface area contributed by atoms with Gasteiger partial charge < -0.3 is 24.8 Å². The highest BCUT2D eigenvalue weighted by Gasteiger charge is 2.56. The quantitative estimate of drug-likeness (QED) is 0.274. The number of epoxide rings is 1. The van der Waals surface area contributed by atoms with Gasteiger partial charge in [-0.25, -0.2) is 0 Å². The van der Waals surface area contributed by atoms with E-state index in [0.717, 1.165) is 12.0 Å². The maximum Gasteiger partial charge on any atom is 0.309 e. The van der Waals surface area contributed by atoms with Crippen molar-refractivity contribution in [2.24, 2.45) is 17.3 Å². The second kappa shape index (κ2) is 10.6. The third kappa shape index (κ3) is 6.07. The van der Waals surface area contributed by atoms with Crippen LogP contribution in [0.5, 0.6) is 0 Å². The summed E-state index contributed by atoms with van der Waals surface area (Å²) >= 11 is 2.09. The van der Waals surface area contributed by atoms with Crippen molar-refractivity contribution in [2.75, 3.05) is 6.61 Å². The number of aliphatic hydroxyl groups is 3. The first kappa shape index (κ1) is 26.7. The van der Waals surface area contributed by atoms with Crippen LogP contribution in [0.3, 0.4) is 0 Å². The minimum atomic E-state index is -1.23. The van der Waals surface area contributed by atoms with E-state index in [1.165, 1.54) is 0 Å². The Morgan fingerprint density at radius 3 is 2.48 bits per heavy atom. The van der Waals surface area contributed by atoms with Gasteiger partial charge >= 0.3 is 5.97 Å². The minimum absolute atomic E-state index is 0.121. The minimum Gasteiger partial charge on any atom is -0.458 e. The molecule has 0 saturated carbocycles. The molecule has 31 heavy (non-hydrogen) atoms. The smallest absolute Gasteiger partial charge is 0.309 e. The number of carbonyl (C=O) groups excluding carboxylic acids is 2. The molecule has 0 aromatic rings. The molecule has 2 aliphatic heterocycles. The van der Waals surface area contributed by atoms with Crippen LogP contribution >= 0.6 is 22.6 Å². The van der Waals surface area contributed by atoms with Crippen molar-refractivity contribution in [1.82, 2.24) is 0 Å². The molecule has 0 bridgehead atoms. The second-order valence-electron chi connectivity index (χ2n) is 9.85. The highest BCUT2D eigenvalue weighted by molar-refractivity contribution is 14.1. The molecular weight excluding hydrogens is 515 g/mol. The van der Waals surface area contributed by atoms with Crippen LogP contribution < -0.4 is 0 Å². The van der Waals surface area contributed by atoms with E-state index in [0.29, 0.717) is 19.3 Å². The maximum absolute atomic E-state index is 13.1. The van der Waals surface area contributed by atoms with Gasteiger partial charge in [0.15, 0.2) is 0 Å². The van der Waals surface area contributed by atoms with E-state index >= 15 is 0 Å². The van der Waals surface area contributed by atoms with Gasteiger partial charge in [-0.1, -0.05) is 56.7 Å². The number of aliphatic hydroxyl groups excluding tert-OH is 3. The molecule has 2 fully saturated rings. The van der Waals surface area contributed by atoms with E-state index in [4.69, 9.17) is 9.47 Å². The number of ether oxygens (including phenoxy) is 2. The summed E-state index contributed by atoms with van der Waals surface area (Å²) < 4.78 is 13.4. The van der Waals surface area contributed by atoms with Crippen LogP contribution in [0.1, 0.15) is 66.7 Å². The number of cyclic esters (lactones) is 1. The fourth-order valence-corrected chi connectivity index (χ4v) is 4.86. The van der Waals surface area contributed by atoms with Crippen molar-refractivity contribution in [2.45, 2.75) is 96.7 Å². The third-order valence-corrected chi connectivity index (χ3v) is 8.13. The summed E-state index contributed by atoms with van der Waals surface area (Å²) in [6.07, 6.45) is -0.698. The van der Waals surface area contributed by atoms with Crippen LogP contribution in [-0.4, -0.2) is 63.7 Å². The predicted molar refractivity (Wildman–Crippen MR) is 125 cm³/mol. The van der Waals surface area contributed by atoms with E-state index in [-0.39, 0.29) is 30.8 Å². The SMILES string of the molecule is CC(=CI)[C@@H]1C[C@@H]2O[C@]2(CO)CCC[C@H](C)[C@H](O)[C@@H](C)C(=O)C(C)(C)[C@@H](O)CC(=O)O1. The zero-order valence-electron chi connectivity index (χ0n) is 19.1.